The predicted octanol–water partition coefficient (Wildman–Crippen LogP) is 5.31. The average molecular weight is 362 g/mol. The van der Waals surface area contributed by atoms with E-state index in [0.717, 1.165) is 23.3 Å². The molecule has 2 rings (SSSR count). The molecule has 0 unspecified atom stereocenters. The number of benzene rings is 2. The Morgan fingerprint density at radius 2 is 1.82 bits per heavy atom. The van der Waals surface area contributed by atoms with Crippen LogP contribution in [0.15, 0.2) is 53.0 Å². The first kappa shape index (κ1) is 17.0. The van der Waals surface area contributed by atoms with E-state index in [0.29, 0.717) is 6.61 Å². The summed E-state index contributed by atoms with van der Waals surface area (Å²) in [5.74, 6) is 0.888. The van der Waals surface area contributed by atoms with E-state index in [1.54, 1.807) is 0 Å². The van der Waals surface area contributed by atoms with Crippen molar-refractivity contribution in [2.75, 3.05) is 6.54 Å². The molecule has 0 aliphatic carbocycles. The van der Waals surface area contributed by atoms with Gasteiger partial charge in [0, 0.05) is 6.54 Å². The SMILES string of the molecule is CCCCCNCc1ccc(OCc2ccccc2)c(Br)c1. The van der Waals surface area contributed by atoms with Crippen molar-refractivity contribution in [2.45, 2.75) is 39.3 Å². The normalized spacial score (nSPS) is 10.6. The van der Waals surface area contributed by atoms with E-state index in [1.807, 2.05) is 24.3 Å². The fourth-order valence-corrected chi connectivity index (χ4v) is 2.78. The van der Waals surface area contributed by atoms with Crippen LogP contribution in [0.5, 0.6) is 5.75 Å². The van der Waals surface area contributed by atoms with Crippen molar-refractivity contribution in [3.8, 4) is 5.75 Å². The van der Waals surface area contributed by atoms with Crippen LogP contribution in [0.25, 0.3) is 0 Å². The molecule has 3 heteroatoms. The lowest BCUT2D eigenvalue weighted by Gasteiger charge is -2.10. The number of nitrogens with one attached hydrogen (secondary N) is 1. The molecule has 0 radical (unpaired) electrons. The van der Waals surface area contributed by atoms with Crippen LogP contribution in [0.4, 0.5) is 0 Å². The highest BCUT2D eigenvalue weighted by atomic mass is 79.9. The maximum atomic E-state index is 5.87. The van der Waals surface area contributed by atoms with E-state index in [9.17, 15) is 0 Å². The van der Waals surface area contributed by atoms with Crippen LogP contribution in [-0.4, -0.2) is 6.54 Å². The molecule has 0 aliphatic heterocycles. The standard InChI is InChI=1S/C19H24BrNO/c1-2-3-7-12-21-14-17-10-11-19(18(20)13-17)22-15-16-8-5-4-6-9-16/h4-6,8-11,13,21H,2-3,7,12,14-15H2,1H3. The molecule has 2 aromatic rings. The number of hydrogen-bond acceptors (Lipinski definition) is 2. The Bertz CT molecular complexity index is 557. The van der Waals surface area contributed by atoms with Gasteiger partial charge in [-0.1, -0.05) is 56.2 Å². The highest BCUT2D eigenvalue weighted by Gasteiger charge is 2.03. The van der Waals surface area contributed by atoms with E-state index in [1.165, 1.54) is 30.4 Å². The lowest BCUT2D eigenvalue weighted by atomic mass is 10.2. The first-order chi connectivity index (χ1) is 10.8. The number of halogens is 1. The van der Waals surface area contributed by atoms with Gasteiger partial charge >= 0.3 is 0 Å². The Morgan fingerprint density at radius 3 is 2.55 bits per heavy atom. The van der Waals surface area contributed by atoms with Crippen LogP contribution in [0.1, 0.15) is 37.3 Å². The van der Waals surface area contributed by atoms with Gasteiger partial charge in [-0.15, -0.1) is 0 Å². The minimum absolute atomic E-state index is 0.591. The van der Waals surface area contributed by atoms with E-state index in [2.05, 4.69) is 52.4 Å². The molecule has 118 valence electrons. The molecule has 0 atom stereocenters. The molecule has 0 aromatic heterocycles. The van der Waals surface area contributed by atoms with E-state index in [-0.39, 0.29) is 0 Å². The molecule has 2 nitrogen and oxygen atoms in total. The second-order valence-electron chi connectivity index (χ2n) is 5.42. The van der Waals surface area contributed by atoms with Crippen LogP contribution in [0.3, 0.4) is 0 Å². The molecule has 22 heavy (non-hydrogen) atoms. The fraction of sp³-hybridized carbons (Fsp3) is 0.368. The highest BCUT2D eigenvalue weighted by Crippen LogP contribution is 2.26. The monoisotopic (exact) mass is 361 g/mol. The lowest BCUT2D eigenvalue weighted by molar-refractivity contribution is 0.304. The molecule has 0 bridgehead atoms. The number of hydrogen-bond donors (Lipinski definition) is 1. The average Bonchev–Trinajstić information content (AvgIpc) is 2.55. The maximum Gasteiger partial charge on any atom is 0.134 e. The summed E-state index contributed by atoms with van der Waals surface area (Å²) in [7, 11) is 0. The zero-order valence-electron chi connectivity index (χ0n) is 13.1. The Hall–Kier alpha value is -1.32. The molecule has 1 N–H and O–H groups in total. The highest BCUT2D eigenvalue weighted by molar-refractivity contribution is 9.10. The van der Waals surface area contributed by atoms with Gasteiger partial charge in [0.05, 0.1) is 4.47 Å². The lowest BCUT2D eigenvalue weighted by Crippen LogP contribution is -2.14. The van der Waals surface area contributed by atoms with Crippen molar-refractivity contribution in [1.29, 1.82) is 0 Å². The Balaban J connectivity index is 1.81. The molecule has 0 spiro atoms. The van der Waals surface area contributed by atoms with Gasteiger partial charge in [0.1, 0.15) is 12.4 Å². The van der Waals surface area contributed by atoms with Gasteiger partial charge in [-0.3, -0.25) is 0 Å². The van der Waals surface area contributed by atoms with Gasteiger partial charge in [0.15, 0.2) is 0 Å². The third-order valence-electron chi connectivity index (χ3n) is 3.52. The number of unbranched alkanes of at least 4 members (excludes halogenated alkanes) is 2. The smallest absolute Gasteiger partial charge is 0.134 e. The summed E-state index contributed by atoms with van der Waals surface area (Å²) >= 11 is 3.60. The van der Waals surface area contributed by atoms with Crippen LogP contribution >= 0.6 is 15.9 Å². The van der Waals surface area contributed by atoms with Crippen LogP contribution in [0.2, 0.25) is 0 Å². The van der Waals surface area contributed by atoms with E-state index >= 15 is 0 Å². The minimum Gasteiger partial charge on any atom is -0.488 e. The number of ether oxygens (including phenoxy) is 1. The molecule has 0 heterocycles. The van der Waals surface area contributed by atoms with E-state index in [4.69, 9.17) is 4.74 Å². The largest absolute Gasteiger partial charge is 0.488 e. The van der Waals surface area contributed by atoms with Crippen molar-refractivity contribution in [3.63, 3.8) is 0 Å². The van der Waals surface area contributed by atoms with Crippen molar-refractivity contribution >= 4 is 15.9 Å². The van der Waals surface area contributed by atoms with Crippen molar-refractivity contribution in [3.05, 3.63) is 64.1 Å². The Kier molecular flexibility index (Phi) is 7.47. The van der Waals surface area contributed by atoms with Gasteiger partial charge in [-0.05, 0) is 52.2 Å². The topological polar surface area (TPSA) is 21.3 Å². The van der Waals surface area contributed by atoms with Crippen LogP contribution in [0, 0.1) is 0 Å². The minimum atomic E-state index is 0.591. The molecular weight excluding hydrogens is 338 g/mol. The third-order valence-corrected chi connectivity index (χ3v) is 4.14. The third kappa shape index (κ3) is 5.82. The first-order valence-corrected chi connectivity index (χ1v) is 8.74. The van der Waals surface area contributed by atoms with Crippen molar-refractivity contribution in [2.24, 2.45) is 0 Å². The zero-order valence-corrected chi connectivity index (χ0v) is 14.7. The Morgan fingerprint density at radius 1 is 1.00 bits per heavy atom. The summed E-state index contributed by atoms with van der Waals surface area (Å²) in [6.45, 7) is 4.80. The summed E-state index contributed by atoms with van der Waals surface area (Å²) in [4.78, 5) is 0. The van der Waals surface area contributed by atoms with Crippen LogP contribution < -0.4 is 10.1 Å². The summed E-state index contributed by atoms with van der Waals surface area (Å²) in [5.41, 5.74) is 2.45. The molecule has 2 aromatic carbocycles. The second-order valence-corrected chi connectivity index (χ2v) is 6.28. The summed E-state index contributed by atoms with van der Waals surface area (Å²) in [5, 5.41) is 3.48. The summed E-state index contributed by atoms with van der Waals surface area (Å²) in [6, 6.07) is 16.5. The number of rotatable bonds is 9. The molecule has 0 saturated carbocycles. The van der Waals surface area contributed by atoms with Gasteiger partial charge < -0.3 is 10.1 Å². The van der Waals surface area contributed by atoms with Gasteiger partial charge in [-0.2, -0.15) is 0 Å². The summed E-state index contributed by atoms with van der Waals surface area (Å²) < 4.78 is 6.88. The van der Waals surface area contributed by atoms with Crippen molar-refractivity contribution < 1.29 is 4.74 Å². The quantitative estimate of drug-likeness (QED) is 0.611. The van der Waals surface area contributed by atoms with Gasteiger partial charge in [0.2, 0.25) is 0 Å². The van der Waals surface area contributed by atoms with Gasteiger partial charge in [-0.25, -0.2) is 0 Å². The van der Waals surface area contributed by atoms with Gasteiger partial charge in [0.25, 0.3) is 0 Å². The Labute approximate surface area is 142 Å². The van der Waals surface area contributed by atoms with Crippen LogP contribution in [-0.2, 0) is 13.2 Å². The molecule has 0 fully saturated rings. The zero-order chi connectivity index (χ0) is 15.6. The van der Waals surface area contributed by atoms with E-state index < -0.39 is 0 Å². The molecular formula is C19H24BrNO. The van der Waals surface area contributed by atoms with Crippen molar-refractivity contribution in [1.82, 2.24) is 5.32 Å². The molecule has 0 amide bonds. The fourth-order valence-electron chi connectivity index (χ4n) is 2.24. The predicted molar refractivity (Wildman–Crippen MR) is 96.1 cm³/mol. The maximum absolute atomic E-state index is 5.87. The molecule has 0 aliphatic rings. The molecule has 0 saturated heterocycles. The summed E-state index contributed by atoms with van der Waals surface area (Å²) in [6.07, 6.45) is 3.81. The second kappa shape index (κ2) is 9.65. The first-order valence-electron chi connectivity index (χ1n) is 7.95.